The first kappa shape index (κ1) is 19.5. The molecular formula is C24H23N5O2S. The Balaban J connectivity index is 1.46. The zero-order chi connectivity index (χ0) is 21.8. The first-order valence-corrected chi connectivity index (χ1v) is 11.7. The zero-order valence-corrected chi connectivity index (χ0v) is 18.5. The molecule has 7 nitrogen and oxygen atoms in total. The van der Waals surface area contributed by atoms with Gasteiger partial charge in [0.15, 0.2) is 11.4 Å². The lowest BCUT2D eigenvalue weighted by Crippen LogP contribution is -2.21. The van der Waals surface area contributed by atoms with Crippen LogP contribution in [-0.4, -0.2) is 31.0 Å². The molecule has 5 heterocycles. The number of aliphatic hydroxyl groups is 1. The Bertz CT molecular complexity index is 1440. The van der Waals surface area contributed by atoms with Crippen molar-refractivity contribution in [2.45, 2.75) is 44.8 Å². The molecule has 0 radical (unpaired) electrons. The minimum atomic E-state index is -0.184. The van der Waals surface area contributed by atoms with Gasteiger partial charge in [0.05, 0.1) is 22.5 Å². The molecule has 0 amide bonds. The van der Waals surface area contributed by atoms with Gasteiger partial charge < -0.3 is 15.3 Å². The van der Waals surface area contributed by atoms with Gasteiger partial charge in [0, 0.05) is 57.6 Å². The Hall–Kier alpha value is -3.23. The van der Waals surface area contributed by atoms with E-state index in [1.165, 1.54) is 0 Å². The number of hydrogen-bond acceptors (Lipinski definition) is 7. The van der Waals surface area contributed by atoms with E-state index in [1.54, 1.807) is 17.5 Å². The average Bonchev–Trinajstić information content (AvgIpc) is 3.51. The van der Waals surface area contributed by atoms with Gasteiger partial charge in [-0.3, -0.25) is 9.67 Å². The molecule has 1 aliphatic rings. The summed E-state index contributed by atoms with van der Waals surface area (Å²) in [7, 11) is 0. The quantitative estimate of drug-likeness (QED) is 0.389. The third-order valence-corrected chi connectivity index (χ3v) is 7.41. The number of pyridine rings is 2. The van der Waals surface area contributed by atoms with Crippen LogP contribution in [0.5, 0.6) is 0 Å². The van der Waals surface area contributed by atoms with Gasteiger partial charge in [-0.05, 0) is 44.7 Å². The van der Waals surface area contributed by atoms with Crippen LogP contribution >= 0.6 is 11.3 Å². The third-order valence-electron chi connectivity index (χ3n) is 6.48. The molecule has 8 heteroatoms. The maximum absolute atomic E-state index is 9.84. The van der Waals surface area contributed by atoms with Crippen LogP contribution in [0.3, 0.4) is 0 Å². The Morgan fingerprint density at radius 1 is 1.12 bits per heavy atom. The van der Waals surface area contributed by atoms with Crippen molar-refractivity contribution in [1.29, 1.82) is 0 Å². The lowest BCUT2D eigenvalue weighted by molar-refractivity contribution is 0.108. The average molecular weight is 446 g/mol. The SMILES string of the molecule is Cc1nn([C@H]2CC[C@H](O)CC2)cc1-c1cnc(N)c2oc(-c3csc4cnccc34)cc12. The van der Waals surface area contributed by atoms with E-state index in [-0.39, 0.29) is 6.10 Å². The lowest BCUT2D eigenvalue weighted by atomic mass is 9.93. The first-order valence-electron chi connectivity index (χ1n) is 10.8. The summed E-state index contributed by atoms with van der Waals surface area (Å²) in [5.41, 5.74) is 10.8. The highest BCUT2D eigenvalue weighted by molar-refractivity contribution is 7.17. The number of thiophene rings is 1. The van der Waals surface area contributed by atoms with Crippen molar-refractivity contribution in [2.24, 2.45) is 0 Å². The van der Waals surface area contributed by atoms with Crippen molar-refractivity contribution in [1.82, 2.24) is 19.7 Å². The van der Waals surface area contributed by atoms with E-state index < -0.39 is 0 Å². The van der Waals surface area contributed by atoms with E-state index in [9.17, 15) is 5.11 Å². The van der Waals surface area contributed by atoms with E-state index >= 15 is 0 Å². The van der Waals surface area contributed by atoms with E-state index in [0.717, 1.165) is 69.3 Å². The maximum Gasteiger partial charge on any atom is 0.177 e. The summed E-state index contributed by atoms with van der Waals surface area (Å²) < 4.78 is 9.40. The third kappa shape index (κ3) is 3.10. The number of aryl methyl sites for hydroxylation is 1. The molecule has 0 spiro atoms. The summed E-state index contributed by atoms with van der Waals surface area (Å²) in [4.78, 5) is 8.63. The molecule has 0 aromatic carbocycles. The van der Waals surface area contributed by atoms with Crippen molar-refractivity contribution >= 4 is 38.2 Å². The second kappa shape index (κ2) is 7.43. The van der Waals surface area contributed by atoms with Crippen molar-refractivity contribution in [3.63, 3.8) is 0 Å². The van der Waals surface area contributed by atoms with Gasteiger partial charge in [0.1, 0.15) is 5.76 Å². The van der Waals surface area contributed by atoms with Crippen LogP contribution in [0.25, 0.3) is 43.5 Å². The fourth-order valence-electron chi connectivity index (χ4n) is 4.72. The highest BCUT2D eigenvalue weighted by Gasteiger charge is 2.24. The number of furan rings is 1. The predicted octanol–water partition coefficient (Wildman–Crippen LogP) is 5.33. The summed E-state index contributed by atoms with van der Waals surface area (Å²) in [5, 5.41) is 18.8. The van der Waals surface area contributed by atoms with Gasteiger partial charge in [-0.1, -0.05) is 0 Å². The zero-order valence-electron chi connectivity index (χ0n) is 17.7. The van der Waals surface area contributed by atoms with Gasteiger partial charge in [0.25, 0.3) is 0 Å². The summed E-state index contributed by atoms with van der Waals surface area (Å²) in [6, 6.07) is 4.37. The smallest absolute Gasteiger partial charge is 0.177 e. The molecule has 1 aliphatic carbocycles. The van der Waals surface area contributed by atoms with Crippen molar-refractivity contribution in [2.75, 3.05) is 5.73 Å². The second-order valence-corrected chi connectivity index (χ2v) is 9.41. The second-order valence-electron chi connectivity index (χ2n) is 8.50. The molecule has 3 N–H and O–H groups in total. The molecule has 32 heavy (non-hydrogen) atoms. The molecule has 0 aliphatic heterocycles. The molecule has 0 unspecified atom stereocenters. The minimum Gasteiger partial charge on any atom is -0.452 e. The Morgan fingerprint density at radius 2 is 1.97 bits per heavy atom. The maximum atomic E-state index is 9.84. The molecule has 5 aromatic heterocycles. The highest BCUT2D eigenvalue weighted by Crippen LogP contribution is 2.41. The number of nitrogens with two attached hydrogens (primary N) is 1. The van der Waals surface area contributed by atoms with Gasteiger partial charge in [-0.25, -0.2) is 4.98 Å². The first-order chi connectivity index (χ1) is 15.6. The van der Waals surface area contributed by atoms with Crippen LogP contribution in [0.15, 0.2) is 46.7 Å². The largest absolute Gasteiger partial charge is 0.452 e. The van der Waals surface area contributed by atoms with Gasteiger partial charge in [-0.2, -0.15) is 5.10 Å². The summed E-state index contributed by atoms with van der Waals surface area (Å²) in [6.07, 6.45) is 10.9. The number of aromatic nitrogens is 4. The number of nitrogens with zero attached hydrogens (tertiary/aromatic N) is 4. The standard InChI is InChI=1S/C24H23N5O2S/c1-13-19(11-29(28-13)14-2-4-15(30)5-3-14)18-9-27-24(25)23-17(18)8-21(31-23)20-12-32-22-10-26-7-6-16(20)22/h6-12,14-15,30H,2-5H2,1H3,(H2,25,27)/t14-,15-. The summed E-state index contributed by atoms with van der Waals surface area (Å²) >= 11 is 1.64. The molecule has 1 fully saturated rings. The van der Waals surface area contributed by atoms with Crippen LogP contribution in [-0.2, 0) is 0 Å². The fraction of sp³-hybridized carbons (Fsp3) is 0.292. The van der Waals surface area contributed by atoms with Crippen LogP contribution in [0.2, 0.25) is 0 Å². The van der Waals surface area contributed by atoms with Crippen molar-refractivity contribution in [3.8, 4) is 22.5 Å². The Morgan fingerprint density at radius 3 is 2.81 bits per heavy atom. The van der Waals surface area contributed by atoms with Crippen LogP contribution < -0.4 is 5.73 Å². The van der Waals surface area contributed by atoms with E-state index in [1.807, 2.05) is 25.4 Å². The van der Waals surface area contributed by atoms with Crippen LogP contribution in [0.1, 0.15) is 37.4 Å². The molecule has 0 bridgehead atoms. The molecule has 1 saturated carbocycles. The lowest BCUT2D eigenvalue weighted by Gasteiger charge is -2.25. The number of nitrogen functional groups attached to an aromatic ring is 1. The number of aliphatic hydroxyl groups excluding tert-OH is 1. The predicted molar refractivity (Wildman–Crippen MR) is 127 cm³/mol. The molecule has 162 valence electrons. The fourth-order valence-corrected chi connectivity index (χ4v) is 5.63. The Kier molecular flexibility index (Phi) is 4.51. The normalized spacial score (nSPS) is 19.2. The van der Waals surface area contributed by atoms with E-state index in [2.05, 4.69) is 32.3 Å². The number of rotatable bonds is 3. The Labute approximate surface area is 188 Å². The molecule has 0 atom stereocenters. The van der Waals surface area contributed by atoms with Crippen LogP contribution in [0, 0.1) is 6.92 Å². The molecule has 6 rings (SSSR count). The minimum absolute atomic E-state index is 0.184. The van der Waals surface area contributed by atoms with Gasteiger partial charge >= 0.3 is 0 Å². The monoisotopic (exact) mass is 445 g/mol. The topological polar surface area (TPSA) is 103 Å². The van der Waals surface area contributed by atoms with Crippen molar-refractivity contribution < 1.29 is 9.52 Å². The summed E-state index contributed by atoms with van der Waals surface area (Å²) in [6.45, 7) is 2.02. The highest BCUT2D eigenvalue weighted by atomic mass is 32.1. The molecule has 5 aromatic rings. The number of hydrogen-bond donors (Lipinski definition) is 2. The van der Waals surface area contributed by atoms with Gasteiger partial charge in [0.2, 0.25) is 0 Å². The molecule has 0 saturated heterocycles. The van der Waals surface area contributed by atoms with Gasteiger partial charge in [-0.15, -0.1) is 11.3 Å². The number of anilines is 1. The van der Waals surface area contributed by atoms with Crippen molar-refractivity contribution in [3.05, 3.63) is 48.0 Å². The van der Waals surface area contributed by atoms with Crippen LogP contribution in [0.4, 0.5) is 5.82 Å². The summed E-state index contributed by atoms with van der Waals surface area (Å²) in [5.74, 6) is 1.15. The van der Waals surface area contributed by atoms with E-state index in [0.29, 0.717) is 17.4 Å². The molecular weight excluding hydrogens is 422 g/mol. The number of fused-ring (bicyclic) bond motifs is 2. The van der Waals surface area contributed by atoms with E-state index in [4.69, 9.17) is 15.2 Å².